The number of amides is 2. The van der Waals surface area contributed by atoms with Gasteiger partial charge in [0.2, 0.25) is 5.91 Å². The summed E-state index contributed by atoms with van der Waals surface area (Å²) < 4.78 is 55.5. The molecule has 3 aromatic rings. The molecular weight excluding hydrogens is 636 g/mol. The molecule has 0 saturated carbocycles. The van der Waals surface area contributed by atoms with Crippen LogP contribution in [-0.4, -0.2) is 73.0 Å². The van der Waals surface area contributed by atoms with E-state index in [9.17, 15) is 31.9 Å². The van der Waals surface area contributed by atoms with Gasteiger partial charge in [0.1, 0.15) is 17.7 Å². The molecule has 0 radical (unpaired) electrons. The Labute approximate surface area is 283 Å². The minimum absolute atomic E-state index is 0.00854. The quantitative estimate of drug-likeness (QED) is 0.171. The Morgan fingerprint density at radius 2 is 1.56 bits per heavy atom. The van der Waals surface area contributed by atoms with Gasteiger partial charge >= 0.3 is 0 Å². The van der Waals surface area contributed by atoms with Crippen LogP contribution in [0.25, 0.3) is 0 Å². The highest BCUT2D eigenvalue weighted by atomic mass is 32.2. The summed E-state index contributed by atoms with van der Waals surface area (Å²) >= 11 is 0. The molecule has 0 bridgehead atoms. The van der Waals surface area contributed by atoms with Gasteiger partial charge in [-0.15, -0.1) is 0 Å². The third kappa shape index (κ3) is 11.2. The van der Waals surface area contributed by atoms with Crippen molar-refractivity contribution < 1.29 is 31.9 Å². The molecule has 1 unspecified atom stereocenters. The van der Waals surface area contributed by atoms with Gasteiger partial charge in [-0.3, -0.25) is 9.59 Å². The normalized spacial score (nSPS) is 14.2. The van der Waals surface area contributed by atoms with Crippen molar-refractivity contribution in [1.29, 1.82) is 0 Å². The lowest BCUT2D eigenvalue weighted by molar-refractivity contribution is -0.126. The lowest BCUT2D eigenvalue weighted by Gasteiger charge is -2.32. The molecule has 4 atom stereocenters. The summed E-state index contributed by atoms with van der Waals surface area (Å²) in [7, 11) is -2.47. The number of hydrogen-bond acceptors (Lipinski definition) is 6. The number of aliphatic hydroxyl groups is 1. The molecule has 11 heteroatoms. The molecule has 0 fully saturated rings. The zero-order valence-electron chi connectivity index (χ0n) is 28.5. The maximum Gasteiger partial charge on any atom is 0.254 e. The van der Waals surface area contributed by atoms with Crippen LogP contribution in [0.3, 0.4) is 0 Å². The lowest BCUT2D eigenvalue weighted by Crippen LogP contribution is -2.57. The number of nitrogens with zero attached hydrogens (tertiary/aromatic N) is 1. The van der Waals surface area contributed by atoms with E-state index in [4.69, 9.17) is 0 Å². The highest BCUT2D eigenvalue weighted by Crippen LogP contribution is 2.19. The van der Waals surface area contributed by atoms with Gasteiger partial charge in [-0.2, -0.15) is 0 Å². The number of sulfone groups is 1. The van der Waals surface area contributed by atoms with Gasteiger partial charge in [0, 0.05) is 31.8 Å². The van der Waals surface area contributed by atoms with E-state index in [1.165, 1.54) is 7.05 Å². The molecule has 48 heavy (non-hydrogen) atoms. The maximum atomic E-state index is 14.1. The smallest absolute Gasteiger partial charge is 0.254 e. The fourth-order valence-electron chi connectivity index (χ4n) is 5.73. The van der Waals surface area contributed by atoms with Gasteiger partial charge in [-0.25, -0.2) is 17.2 Å². The molecule has 0 aliphatic heterocycles. The highest BCUT2D eigenvalue weighted by molar-refractivity contribution is 7.92. The number of rotatable bonds is 18. The zero-order valence-corrected chi connectivity index (χ0v) is 29.3. The first-order valence-electron chi connectivity index (χ1n) is 16.5. The minimum atomic E-state index is -3.85. The van der Waals surface area contributed by atoms with Crippen molar-refractivity contribution >= 4 is 21.7 Å². The maximum absolute atomic E-state index is 14.1. The second kappa shape index (κ2) is 18.2. The molecule has 0 saturated heterocycles. The van der Waals surface area contributed by atoms with Crippen molar-refractivity contribution in [2.75, 3.05) is 19.3 Å². The number of hydrogen-bond donors (Lipinski definition) is 3. The topological polar surface area (TPSA) is 116 Å². The van der Waals surface area contributed by atoms with E-state index >= 15 is 0 Å². The Kier molecular flexibility index (Phi) is 14.7. The number of aliphatic hydroxyl groups excluding tert-OH is 1. The van der Waals surface area contributed by atoms with Crippen LogP contribution in [0.1, 0.15) is 72.6 Å². The van der Waals surface area contributed by atoms with Crippen molar-refractivity contribution in [1.82, 2.24) is 15.5 Å². The van der Waals surface area contributed by atoms with Gasteiger partial charge in [0.25, 0.3) is 5.91 Å². The van der Waals surface area contributed by atoms with Gasteiger partial charge in [0.15, 0.2) is 9.84 Å². The summed E-state index contributed by atoms with van der Waals surface area (Å²) in [5.74, 6) is -3.60. The van der Waals surface area contributed by atoms with Crippen LogP contribution in [0.4, 0.5) is 8.78 Å². The average molecular weight is 686 g/mol. The predicted octanol–water partition coefficient (Wildman–Crippen LogP) is 5.15. The number of likely N-dealkylation sites (N-methyl/N-ethyl adjacent to an activating group) is 1. The van der Waals surface area contributed by atoms with Crippen molar-refractivity contribution in [2.24, 2.45) is 0 Å². The van der Waals surface area contributed by atoms with E-state index in [2.05, 4.69) is 17.6 Å². The Balaban J connectivity index is 1.92. The Hall–Kier alpha value is -3.67. The monoisotopic (exact) mass is 685 g/mol. The predicted molar refractivity (Wildman–Crippen MR) is 185 cm³/mol. The first-order chi connectivity index (χ1) is 22.8. The molecule has 0 aromatic heterocycles. The molecule has 8 nitrogen and oxygen atoms in total. The summed E-state index contributed by atoms with van der Waals surface area (Å²) in [6, 6.07) is 15.1. The second-order valence-electron chi connectivity index (χ2n) is 12.4. The van der Waals surface area contributed by atoms with Crippen molar-refractivity contribution in [3.63, 3.8) is 0 Å². The molecule has 0 aliphatic rings. The van der Waals surface area contributed by atoms with Crippen LogP contribution in [-0.2, 0) is 34.0 Å². The number of carbonyl (C=O) groups is 2. The fraction of sp³-hybridized carbons (Fsp3) is 0.459. The van der Waals surface area contributed by atoms with E-state index in [0.717, 1.165) is 46.2 Å². The molecule has 262 valence electrons. The highest BCUT2D eigenvalue weighted by Gasteiger charge is 2.37. The summed E-state index contributed by atoms with van der Waals surface area (Å²) in [5, 5.41) is 16.6. The van der Waals surface area contributed by atoms with E-state index in [1.807, 2.05) is 38.1 Å². The van der Waals surface area contributed by atoms with Crippen molar-refractivity contribution in [2.45, 2.75) is 89.8 Å². The molecular formula is C37H49F2N3O5S. The van der Waals surface area contributed by atoms with Crippen LogP contribution in [0.5, 0.6) is 0 Å². The van der Waals surface area contributed by atoms with Crippen LogP contribution in [0.15, 0.2) is 66.7 Å². The Morgan fingerprint density at radius 1 is 0.917 bits per heavy atom. The standard InChI is InChI=1S/C37H49F2N3O5S/c1-6-10-32(8-3)48(46,47)24-34(42(5)37(45)29-15-13-25(4)14-16-29)36(44)41-33(20-28-18-30(38)21-31(39)19-28)35(43)23-40-22-27-12-9-11-26(7-2)17-27/h9,11-19,21,32-35,40,43H,6-8,10,20,22-24H2,1-5H3,(H,41,44)/t32?,33-,34-,35+/m0/s1. The van der Waals surface area contributed by atoms with Crippen molar-refractivity contribution in [3.8, 4) is 0 Å². The first kappa shape index (κ1) is 38.8. The third-order valence-corrected chi connectivity index (χ3v) is 11.0. The summed E-state index contributed by atoms with van der Waals surface area (Å²) in [6.07, 6.45) is 0.845. The van der Waals surface area contributed by atoms with Crippen LogP contribution in [0, 0.1) is 18.6 Å². The molecule has 0 spiro atoms. The number of nitrogens with one attached hydrogen (secondary N) is 2. The van der Waals surface area contributed by atoms with Crippen LogP contribution >= 0.6 is 0 Å². The minimum Gasteiger partial charge on any atom is -0.390 e. The van der Waals surface area contributed by atoms with Gasteiger partial charge in [0.05, 0.1) is 23.1 Å². The zero-order chi connectivity index (χ0) is 35.4. The number of aryl methyl sites for hydroxylation is 2. The molecule has 2 amide bonds. The summed E-state index contributed by atoms with van der Waals surface area (Å²) in [5.41, 5.74) is 3.54. The average Bonchev–Trinajstić information content (AvgIpc) is 3.05. The van der Waals surface area contributed by atoms with E-state index in [-0.39, 0.29) is 24.1 Å². The molecule has 0 heterocycles. The Morgan fingerprint density at radius 3 is 2.17 bits per heavy atom. The number of benzene rings is 3. The van der Waals surface area contributed by atoms with Gasteiger partial charge in [-0.05, 0) is 73.6 Å². The number of carbonyl (C=O) groups excluding carboxylic acids is 2. The Bertz CT molecular complexity index is 1600. The van der Waals surface area contributed by atoms with Gasteiger partial charge < -0.3 is 20.6 Å². The third-order valence-electron chi connectivity index (χ3n) is 8.61. The molecule has 0 aliphatic carbocycles. The van der Waals surface area contributed by atoms with Crippen LogP contribution < -0.4 is 10.6 Å². The number of halogens is 2. The summed E-state index contributed by atoms with van der Waals surface area (Å²) in [4.78, 5) is 28.8. The second-order valence-corrected chi connectivity index (χ2v) is 14.7. The lowest BCUT2D eigenvalue weighted by atomic mass is 10.00. The van der Waals surface area contributed by atoms with Crippen molar-refractivity contribution in [3.05, 3.63) is 106 Å². The molecule has 3 aromatic carbocycles. The van der Waals surface area contributed by atoms with Crippen LogP contribution in [0.2, 0.25) is 0 Å². The van der Waals surface area contributed by atoms with E-state index < -0.39 is 62.5 Å². The van der Waals surface area contributed by atoms with E-state index in [1.54, 1.807) is 31.2 Å². The van der Waals surface area contributed by atoms with Gasteiger partial charge in [-0.1, -0.05) is 69.2 Å². The first-order valence-corrected chi connectivity index (χ1v) is 18.3. The summed E-state index contributed by atoms with van der Waals surface area (Å²) in [6.45, 7) is 8.00. The van der Waals surface area contributed by atoms with E-state index in [0.29, 0.717) is 25.8 Å². The SMILES string of the molecule is CCCC(CC)S(=O)(=O)C[C@@H](C(=O)N[C@@H](Cc1cc(F)cc(F)c1)[C@H](O)CNCc1cccc(CC)c1)N(C)C(=O)c1ccc(C)cc1. The molecule has 3 N–H and O–H groups in total. The largest absolute Gasteiger partial charge is 0.390 e. The molecule has 3 rings (SSSR count). The fourth-order valence-corrected chi connectivity index (χ4v) is 7.92.